The van der Waals surface area contributed by atoms with Crippen molar-refractivity contribution in [3.05, 3.63) is 26.9 Å². The number of H-pyrrole nitrogens is 1. The van der Waals surface area contributed by atoms with Gasteiger partial charge in [0.1, 0.15) is 23.4 Å². The molecule has 0 unspecified atom stereocenters. The highest BCUT2D eigenvalue weighted by atomic mass is 32.1. The van der Waals surface area contributed by atoms with E-state index in [1.807, 2.05) is 4.98 Å². The van der Waals surface area contributed by atoms with Crippen LogP contribution in [0.15, 0.2) is 11.0 Å². The Morgan fingerprint density at radius 2 is 2.25 bits per heavy atom. The Balaban J connectivity index is 2.60. The van der Waals surface area contributed by atoms with E-state index in [4.69, 9.17) is 26.1 Å². The first-order chi connectivity index (χ1) is 12.1. The maximum Gasteiger partial charge on any atom is 0.469 e. The molecule has 1 aliphatic rings. The molecule has 136 valence electrons. The van der Waals surface area contributed by atoms with Crippen molar-refractivity contribution in [1.29, 1.82) is 0 Å². The Hall–Kier alpha value is -1.02. The molecule has 0 aromatic carbocycles. The molecule has 2 heterocycles. The monoisotopic (exact) mass is 391 g/mol. The number of nitrogens with zero attached hydrogens (tertiary/aromatic N) is 1. The van der Waals surface area contributed by atoms with Gasteiger partial charge in [0.15, 0.2) is 6.20 Å². The third-order valence-electron chi connectivity index (χ3n) is 2.91. The fourth-order valence-corrected chi connectivity index (χ4v) is 2.24. The zero-order chi connectivity index (χ0) is 21.0. The van der Waals surface area contributed by atoms with Crippen molar-refractivity contribution in [3.8, 4) is 0 Å². The van der Waals surface area contributed by atoms with E-state index in [-0.39, 0.29) is 14.8 Å². The number of phosphoric ester groups is 1. The molecule has 1 fully saturated rings. The van der Waals surface area contributed by atoms with Crippen molar-refractivity contribution >= 4 is 20.0 Å². The Morgan fingerprint density at radius 1 is 1.62 bits per heavy atom. The number of rotatable bonds is 5. The fourth-order valence-electron chi connectivity index (χ4n) is 1.79. The minimum absolute atomic E-state index is 0.160. The molecule has 14 heteroatoms. The normalized spacial score (nSPS) is 36.2. The van der Waals surface area contributed by atoms with E-state index in [0.29, 0.717) is 6.20 Å². The van der Waals surface area contributed by atoms with E-state index < -0.39 is 50.9 Å². The van der Waals surface area contributed by atoms with E-state index in [1.54, 1.807) is 0 Å². The second-order valence-electron chi connectivity index (χ2n) is 4.60. The minimum atomic E-state index is -5.64. The van der Waals surface area contributed by atoms with E-state index >= 15 is 4.39 Å². The van der Waals surface area contributed by atoms with Crippen molar-refractivity contribution in [2.45, 2.75) is 30.9 Å². The van der Waals surface area contributed by atoms with Crippen LogP contribution in [0, 0.1) is 4.64 Å². The molecule has 1 saturated heterocycles. The topological polar surface area (TPSA) is 174 Å². The standard InChI is InChI=1S/C10H14FN2O9PS/c11-10(3-21-23(18,19)20)6(16)5(15)8(22-10)13-1-4(2-14)7(24)12-9(13)17/h1,5-6,8,14-16H,2-3H2,(H,12,17,24)(H2,18,19,20)/t5-,6+,8-,10-/m1/s1/i3D2,8D. The molecular weight excluding hydrogens is 374 g/mol. The number of nitrogens with one attached hydrogen (secondary N) is 1. The summed E-state index contributed by atoms with van der Waals surface area (Å²) in [4.78, 5) is 31.4. The molecule has 1 aliphatic heterocycles. The molecule has 4 atom stereocenters. The third kappa shape index (κ3) is 3.79. The molecule has 1 aromatic heterocycles. The van der Waals surface area contributed by atoms with Gasteiger partial charge in [-0.1, -0.05) is 12.2 Å². The maximum atomic E-state index is 15.0. The van der Waals surface area contributed by atoms with E-state index in [2.05, 4.69) is 9.26 Å². The number of aromatic nitrogens is 2. The minimum Gasteiger partial charge on any atom is -0.392 e. The van der Waals surface area contributed by atoms with Gasteiger partial charge in [0.05, 0.1) is 10.7 Å². The first kappa shape index (κ1) is 15.3. The molecular formula is C10H14FN2O9PS. The molecule has 0 bridgehead atoms. The second-order valence-corrected chi connectivity index (χ2v) is 6.17. The molecule has 0 aliphatic carbocycles. The molecule has 0 amide bonds. The van der Waals surface area contributed by atoms with Crippen LogP contribution < -0.4 is 5.69 Å². The Morgan fingerprint density at radius 3 is 2.79 bits per heavy atom. The molecule has 1 aromatic rings. The summed E-state index contributed by atoms with van der Waals surface area (Å²) in [7, 11) is -5.64. The second kappa shape index (κ2) is 6.71. The van der Waals surface area contributed by atoms with Gasteiger partial charge in [-0.25, -0.2) is 13.8 Å². The summed E-state index contributed by atoms with van der Waals surface area (Å²) in [6.07, 6.45) is -8.06. The summed E-state index contributed by atoms with van der Waals surface area (Å²) in [6, 6.07) is 0. The van der Waals surface area contributed by atoms with Crippen molar-refractivity contribution < 1.29 is 47.4 Å². The van der Waals surface area contributed by atoms with Crippen LogP contribution >= 0.6 is 20.0 Å². The van der Waals surface area contributed by atoms with Crippen LogP contribution in [-0.4, -0.2) is 59.3 Å². The largest absolute Gasteiger partial charge is 0.469 e. The lowest BCUT2D eigenvalue weighted by molar-refractivity contribution is -0.205. The average Bonchev–Trinajstić information content (AvgIpc) is 2.68. The van der Waals surface area contributed by atoms with Crippen molar-refractivity contribution in [3.63, 3.8) is 0 Å². The van der Waals surface area contributed by atoms with Gasteiger partial charge in [-0.05, 0) is 0 Å². The Bertz CT molecular complexity index is 909. The predicted molar refractivity (Wildman–Crippen MR) is 75.8 cm³/mol. The zero-order valence-electron chi connectivity index (χ0n) is 14.5. The highest BCUT2D eigenvalue weighted by Gasteiger charge is 2.57. The zero-order valence-corrected chi connectivity index (χ0v) is 13.2. The first-order valence-electron chi connectivity index (χ1n) is 7.57. The lowest BCUT2D eigenvalue weighted by atomic mass is 10.1. The van der Waals surface area contributed by atoms with Gasteiger partial charge in [0.25, 0.3) is 5.85 Å². The van der Waals surface area contributed by atoms with Gasteiger partial charge >= 0.3 is 13.5 Å². The molecule has 0 radical (unpaired) electrons. The van der Waals surface area contributed by atoms with Gasteiger partial charge in [0, 0.05) is 11.8 Å². The van der Waals surface area contributed by atoms with Crippen LogP contribution in [-0.2, 0) is 20.4 Å². The lowest BCUT2D eigenvalue weighted by Gasteiger charge is -2.22. The third-order valence-corrected chi connectivity index (χ3v) is 3.61. The predicted octanol–water partition coefficient (Wildman–Crippen LogP) is -1.58. The Labute approximate surface area is 142 Å². The van der Waals surface area contributed by atoms with Gasteiger partial charge in [0.2, 0.25) is 0 Å². The molecule has 0 saturated carbocycles. The summed E-state index contributed by atoms with van der Waals surface area (Å²) < 4.78 is 56.7. The van der Waals surface area contributed by atoms with Crippen molar-refractivity contribution in [2.24, 2.45) is 0 Å². The van der Waals surface area contributed by atoms with E-state index in [0.717, 1.165) is 0 Å². The van der Waals surface area contributed by atoms with Crippen LogP contribution in [0.2, 0.25) is 0 Å². The van der Waals surface area contributed by atoms with Crippen molar-refractivity contribution in [1.82, 2.24) is 9.55 Å². The maximum absolute atomic E-state index is 15.0. The fraction of sp³-hybridized carbons (Fsp3) is 0.600. The smallest absolute Gasteiger partial charge is 0.392 e. The summed E-state index contributed by atoms with van der Waals surface area (Å²) >= 11 is 4.74. The van der Waals surface area contributed by atoms with Gasteiger partial charge in [-0.3, -0.25) is 14.1 Å². The number of hydrogen-bond acceptors (Lipinski definition) is 8. The quantitative estimate of drug-likeness (QED) is 0.254. The van der Waals surface area contributed by atoms with Gasteiger partial charge in [-0.15, -0.1) is 0 Å². The van der Waals surface area contributed by atoms with Crippen LogP contribution in [0.5, 0.6) is 0 Å². The number of halogens is 1. The van der Waals surface area contributed by atoms with E-state index in [9.17, 15) is 24.7 Å². The summed E-state index contributed by atoms with van der Waals surface area (Å²) in [6.45, 7) is -4.80. The molecule has 24 heavy (non-hydrogen) atoms. The molecule has 11 nitrogen and oxygen atoms in total. The van der Waals surface area contributed by atoms with Crippen LogP contribution in [0.3, 0.4) is 0 Å². The lowest BCUT2D eigenvalue weighted by Crippen LogP contribution is -2.42. The number of aromatic amines is 1. The molecule has 0 spiro atoms. The summed E-state index contributed by atoms with van der Waals surface area (Å²) in [5.74, 6) is -4.18. The summed E-state index contributed by atoms with van der Waals surface area (Å²) in [5.41, 5.74) is -1.41. The number of aliphatic hydroxyl groups is 3. The first-order valence-corrected chi connectivity index (χ1v) is 8.00. The van der Waals surface area contributed by atoms with Crippen molar-refractivity contribution in [2.75, 3.05) is 6.56 Å². The molecule has 6 N–H and O–H groups in total. The van der Waals surface area contributed by atoms with Crippen LogP contribution in [0.4, 0.5) is 4.39 Å². The SMILES string of the molecule is [2H]C([2H])(OP(=O)(O)O)[C@@]1(F)O[C@@]([2H])(n2cc(CO)c(=S)[nH]c2=O)[C@H](O)[C@@H]1O. The van der Waals surface area contributed by atoms with Gasteiger partial charge < -0.3 is 29.8 Å². The summed E-state index contributed by atoms with van der Waals surface area (Å²) in [5, 5.41) is 29.1. The van der Waals surface area contributed by atoms with Gasteiger partial charge in [-0.2, -0.15) is 0 Å². The van der Waals surface area contributed by atoms with Crippen LogP contribution in [0.1, 0.15) is 15.9 Å². The number of alkyl halides is 1. The Kier molecular flexibility index (Phi) is 4.26. The number of phosphoric acid groups is 1. The van der Waals surface area contributed by atoms with E-state index in [1.165, 1.54) is 0 Å². The average molecular weight is 391 g/mol. The molecule has 2 rings (SSSR count). The highest BCUT2D eigenvalue weighted by Crippen LogP contribution is 2.43. The number of ether oxygens (including phenoxy) is 1. The van der Waals surface area contributed by atoms with Crippen LogP contribution in [0.25, 0.3) is 0 Å². The highest BCUT2D eigenvalue weighted by molar-refractivity contribution is 7.71. The number of aliphatic hydroxyl groups excluding tert-OH is 3. The number of hydrogen-bond donors (Lipinski definition) is 6.